The van der Waals surface area contributed by atoms with Gasteiger partial charge < -0.3 is 15.0 Å². The van der Waals surface area contributed by atoms with E-state index in [9.17, 15) is 19.5 Å². The van der Waals surface area contributed by atoms with Crippen molar-refractivity contribution in [3.8, 4) is 0 Å². The van der Waals surface area contributed by atoms with Crippen LogP contribution in [0.5, 0.6) is 0 Å². The molecule has 0 spiro atoms. The van der Waals surface area contributed by atoms with Crippen molar-refractivity contribution in [2.24, 2.45) is 5.92 Å². The molecule has 98 valence electrons. The fourth-order valence-electron chi connectivity index (χ4n) is 1.86. The van der Waals surface area contributed by atoms with Crippen LogP contribution in [0, 0.1) is 5.92 Å². The molecule has 0 saturated carbocycles. The van der Waals surface area contributed by atoms with E-state index >= 15 is 0 Å². The predicted octanol–water partition coefficient (Wildman–Crippen LogP) is -1.09. The van der Waals surface area contributed by atoms with Crippen LogP contribution in [0.4, 0.5) is 0 Å². The monoisotopic (exact) mass is 253 g/mol. The first-order valence-electron chi connectivity index (χ1n) is 5.67. The van der Waals surface area contributed by atoms with Crippen molar-refractivity contribution in [2.45, 2.75) is 19.4 Å². The number of rotatable bonds is 2. The molecular weight excluding hydrogens is 238 g/mol. The van der Waals surface area contributed by atoms with E-state index in [1.807, 2.05) is 18.8 Å². The van der Waals surface area contributed by atoms with E-state index in [2.05, 4.69) is 4.98 Å². The number of hydrogen-bond acceptors (Lipinski definition) is 4. The van der Waals surface area contributed by atoms with Crippen LogP contribution in [0.2, 0.25) is 0 Å². The molecule has 1 saturated heterocycles. The summed E-state index contributed by atoms with van der Waals surface area (Å²) in [5.41, 5.74) is -2.38. The largest absolute Gasteiger partial charge is 0.386 e. The Labute approximate surface area is 102 Å². The molecule has 1 aromatic rings. The lowest BCUT2D eigenvalue weighted by molar-refractivity contribution is -0.110. The molecule has 7 heteroatoms. The third-order valence-corrected chi connectivity index (χ3v) is 3.34. The Morgan fingerprint density at radius 1 is 1.44 bits per heavy atom. The van der Waals surface area contributed by atoms with Crippen LogP contribution < -0.4 is 11.2 Å². The topological polar surface area (TPSA) is 106 Å². The Morgan fingerprint density at radius 3 is 2.56 bits per heavy atom. The fraction of sp³-hybridized carbons (Fsp3) is 0.545. The van der Waals surface area contributed by atoms with Crippen molar-refractivity contribution in [1.82, 2.24) is 14.9 Å². The number of carbonyl (C=O) groups is 1. The van der Waals surface area contributed by atoms with E-state index in [1.54, 1.807) is 0 Å². The SMILES string of the molecule is CC(C)C1(O)CN(C(=O)c2c[nH]c(=O)[nH]c2=O)C1. The Balaban J connectivity index is 2.16. The predicted molar refractivity (Wildman–Crippen MR) is 63.4 cm³/mol. The van der Waals surface area contributed by atoms with Gasteiger partial charge in [0.1, 0.15) is 11.2 Å². The lowest BCUT2D eigenvalue weighted by Gasteiger charge is -2.48. The molecule has 0 radical (unpaired) electrons. The molecule has 0 aliphatic carbocycles. The molecule has 1 aromatic heterocycles. The highest BCUT2D eigenvalue weighted by molar-refractivity contribution is 5.94. The summed E-state index contributed by atoms with van der Waals surface area (Å²) in [6.07, 6.45) is 1.09. The Bertz CT molecular complexity index is 580. The van der Waals surface area contributed by atoms with E-state index in [-0.39, 0.29) is 24.6 Å². The van der Waals surface area contributed by atoms with Gasteiger partial charge in [-0.1, -0.05) is 13.8 Å². The van der Waals surface area contributed by atoms with Crippen LogP contribution in [0.25, 0.3) is 0 Å². The van der Waals surface area contributed by atoms with Crippen LogP contribution in [0.1, 0.15) is 24.2 Å². The number of nitrogens with one attached hydrogen (secondary N) is 2. The molecule has 0 unspecified atom stereocenters. The molecule has 0 bridgehead atoms. The number of amides is 1. The van der Waals surface area contributed by atoms with Crippen molar-refractivity contribution < 1.29 is 9.90 Å². The lowest BCUT2D eigenvalue weighted by Crippen LogP contribution is -2.66. The normalized spacial score (nSPS) is 17.7. The summed E-state index contributed by atoms with van der Waals surface area (Å²) in [6.45, 7) is 4.13. The average Bonchev–Trinajstić information content (AvgIpc) is 2.23. The third-order valence-electron chi connectivity index (χ3n) is 3.34. The Hall–Kier alpha value is -1.89. The fourth-order valence-corrected chi connectivity index (χ4v) is 1.86. The second kappa shape index (κ2) is 4.09. The highest BCUT2D eigenvalue weighted by Gasteiger charge is 2.46. The Kier molecular flexibility index (Phi) is 2.86. The van der Waals surface area contributed by atoms with Crippen molar-refractivity contribution in [1.29, 1.82) is 0 Å². The molecule has 1 aliphatic rings. The van der Waals surface area contributed by atoms with Crippen LogP contribution in [-0.4, -0.2) is 44.6 Å². The first kappa shape index (κ1) is 12.6. The van der Waals surface area contributed by atoms with Gasteiger partial charge in [0.15, 0.2) is 0 Å². The summed E-state index contributed by atoms with van der Waals surface area (Å²) in [5.74, 6) is -0.451. The van der Waals surface area contributed by atoms with Crippen LogP contribution in [-0.2, 0) is 0 Å². The highest BCUT2D eigenvalue weighted by atomic mass is 16.3. The zero-order valence-corrected chi connectivity index (χ0v) is 10.2. The standard InChI is InChI=1S/C11H15N3O4/c1-6(2)11(18)4-14(5-11)9(16)7-3-12-10(17)13-8(7)15/h3,6,18H,4-5H2,1-2H3,(H2,12,13,15,17). The summed E-state index contributed by atoms with van der Waals surface area (Å²) in [4.78, 5) is 39.8. The first-order chi connectivity index (χ1) is 8.33. The van der Waals surface area contributed by atoms with Crippen molar-refractivity contribution >= 4 is 5.91 Å². The summed E-state index contributed by atoms with van der Waals surface area (Å²) in [7, 11) is 0. The van der Waals surface area contributed by atoms with Gasteiger partial charge in [0.25, 0.3) is 11.5 Å². The third kappa shape index (κ3) is 1.97. The van der Waals surface area contributed by atoms with E-state index in [0.29, 0.717) is 0 Å². The highest BCUT2D eigenvalue weighted by Crippen LogP contribution is 2.29. The molecule has 1 fully saturated rings. The number of β-amino-alcohol motifs (C(OH)–C–C–N with tert-alkyl or cyclic N) is 1. The zero-order chi connectivity index (χ0) is 13.5. The minimum Gasteiger partial charge on any atom is -0.386 e. The van der Waals surface area contributed by atoms with Gasteiger partial charge in [-0.05, 0) is 5.92 Å². The molecule has 7 nitrogen and oxygen atoms in total. The number of hydrogen-bond donors (Lipinski definition) is 3. The van der Waals surface area contributed by atoms with Crippen molar-refractivity contribution in [2.75, 3.05) is 13.1 Å². The van der Waals surface area contributed by atoms with Crippen LogP contribution in [0.3, 0.4) is 0 Å². The van der Waals surface area contributed by atoms with Gasteiger partial charge in [-0.2, -0.15) is 0 Å². The maximum atomic E-state index is 11.9. The molecule has 2 heterocycles. The molecular formula is C11H15N3O4. The maximum Gasteiger partial charge on any atom is 0.325 e. The minimum atomic E-state index is -0.884. The van der Waals surface area contributed by atoms with Gasteiger partial charge in [-0.15, -0.1) is 0 Å². The molecule has 1 aliphatic heterocycles. The summed E-state index contributed by atoms with van der Waals surface area (Å²) in [6, 6.07) is 0. The summed E-state index contributed by atoms with van der Waals surface area (Å²) in [5, 5.41) is 10.0. The van der Waals surface area contributed by atoms with Crippen LogP contribution >= 0.6 is 0 Å². The zero-order valence-electron chi connectivity index (χ0n) is 10.2. The minimum absolute atomic E-state index is 0.0374. The van der Waals surface area contributed by atoms with Crippen molar-refractivity contribution in [3.05, 3.63) is 32.6 Å². The second-order valence-corrected chi connectivity index (χ2v) is 4.91. The quantitative estimate of drug-likeness (QED) is 0.622. The van der Waals surface area contributed by atoms with Gasteiger partial charge in [-0.25, -0.2) is 4.79 Å². The van der Waals surface area contributed by atoms with Gasteiger partial charge in [0.2, 0.25) is 0 Å². The van der Waals surface area contributed by atoms with E-state index in [1.165, 1.54) is 4.90 Å². The number of aromatic nitrogens is 2. The molecule has 0 aromatic carbocycles. The summed E-state index contributed by atoms with van der Waals surface area (Å²) >= 11 is 0. The van der Waals surface area contributed by atoms with Crippen LogP contribution in [0.15, 0.2) is 15.8 Å². The van der Waals surface area contributed by atoms with Gasteiger partial charge in [0, 0.05) is 6.20 Å². The average molecular weight is 253 g/mol. The van der Waals surface area contributed by atoms with E-state index < -0.39 is 22.8 Å². The number of aromatic amines is 2. The number of aliphatic hydroxyl groups is 1. The number of H-pyrrole nitrogens is 2. The molecule has 18 heavy (non-hydrogen) atoms. The maximum absolute atomic E-state index is 11.9. The summed E-state index contributed by atoms with van der Waals surface area (Å²) < 4.78 is 0. The molecule has 3 N–H and O–H groups in total. The second-order valence-electron chi connectivity index (χ2n) is 4.91. The number of nitrogens with zero attached hydrogens (tertiary/aromatic N) is 1. The number of carbonyl (C=O) groups excluding carboxylic acids is 1. The first-order valence-corrected chi connectivity index (χ1v) is 5.67. The molecule has 1 amide bonds. The smallest absolute Gasteiger partial charge is 0.325 e. The number of likely N-dealkylation sites (tertiary alicyclic amines) is 1. The van der Waals surface area contributed by atoms with Gasteiger partial charge >= 0.3 is 5.69 Å². The Morgan fingerprint density at radius 2 is 2.06 bits per heavy atom. The molecule has 0 atom stereocenters. The van der Waals surface area contributed by atoms with Gasteiger partial charge in [0.05, 0.1) is 13.1 Å². The van der Waals surface area contributed by atoms with E-state index in [0.717, 1.165) is 6.20 Å². The van der Waals surface area contributed by atoms with Crippen molar-refractivity contribution in [3.63, 3.8) is 0 Å². The lowest BCUT2D eigenvalue weighted by atomic mass is 9.83. The van der Waals surface area contributed by atoms with E-state index in [4.69, 9.17) is 0 Å². The molecule has 2 rings (SSSR count). The van der Waals surface area contributed by atoms with Gasteiger partial charge in [-0.3, -0.25) is 14.6 Å².